The van der Waals surface area contributed by atoms with E-state index in [1.54, 1.807) is 5.57 Å². The van der Waals surface area contributed by atoms with Gasteiger partial charge in [-0.2, -0.15) is 4.58 Å². The predicted molar refractivity (Wildman–Crippen MR) is 192 cm³/mol. The van der Waals surface area contributed by atoms with Crippen LogP contribution in [0.1, 0.15) is 82.1 Å². The Hall–Kier alpha value is -4.17. The second-order valence-electron chi connectivity index (χ2n) is 13.7. The van der Waals surface area contributed by atoms with Crippen LogP contribution in [0, 0.1) is 5.92 Å². The first-order valence-electron chi connectivity index (χ1n) is 17.0. The van der Waals surface area contributed by atoms with E-state index in [-0.39, 0.29) is 5.41 Å². The van der Waals surface area contributed by atoms with Crippen LogP contribution in [0.2, 0.25) is 0 Å². The molecular formula is C43H47N2+. The predicted octanol–water partition coefficient (Wildman–Crippen LogP) is 10.6. The number of hydrogen-bond donors (Lipinski definition) is 0. The summed E-state index contributed by atoms with van der Waals surface area (Å²) in [6.45, 7) is 9.25. The minimum absolute atomic E-state index is 0.0167. The standard InChI is InChI=1S/C43H47N2/c1-7-29-15-9-13-19-37(29)44(5)33(8-2)27-25-30-21-23-32-24-22-31(41-35-17-11-10-16-34(35)40(30)42(32)41)26-28-39-43(3,4)36-18-12-14-20-38(36)45(39)6/h9-20,25-28,32H,7-8,21-24H2,1-6H3/q+1. The van der Waals surface area contributed by atoms with Gasteiger partial charge in [0.2, 0.25) is 5.69 Å². The van der Waals surface area contributed by atoms with Crippen LogP contribution >= 0.6 is 0 Å². The van der Waals surface area contributed by atoms with Gasteiger partial charge in [0.15, 0.2) is 5.71 Å². The molecule has 3 aliphatic carbocycles. The van der Waals surface area contributed by atoms with E-state index in [1.807, 2.05) is 0 Å². The highest BCUT2D eigenvalue weighted by atomic mass is 15.1. The number of benzene rings is 3. The Bertz CT molecular complexity index is 1870. The molecule has 0 radical (unpaired) electrons. The highest BCUT2D eigenvalue weighted by molar-refractivity contribution is 6.08. The van der Waals surface area contributed by atoms with Crippen molar-refractivity contribution in [1.29, 1.82) is 0 Å². The maximum atomic E-state index is 2.46. The van der Waals surface area contributed by atoms with E-state index in [2.05, 4.69) is 148 Å². The summed E-state index contributed by atoms with van der Waals surface area (Å²) in [5.41, 5.74) is 18.7. The van der Waals surface area contributed by atoms with Gasteiger partial charge in [0.05, 0.1) is 5.41 Å². The van der Waals surface area contributed by atoms with Crippen molar-refractivity contribution in [3.63, 3.8) is 0 Å². The lowest BCUT2D eigenvalue weighted by atomic mass is 9.72. The quantitative estimate of drug-likeness (QED) is 0.248. The van der Waals surface area contributed by atoms with Gasteiger partial charge in [-0.05, 0) is 115 Å². The first kappa shape index (κ1) is 29.5. The Labute approximate surface area is 270 Å². The maximum Gasteiger partial charge on any atom is 0.209 e. The van der Waals surface area contributed by atoms with Crippen molar-refractivity contribution < 1.29 is 4.58 Å². The number of anilines is 1. The average molecular weight is 592 g/mol. The van der Waals surface area contributed by atoms with Crippen molar-refractivity contribution in [3.05, 3.63) is 142 Å². The number of aryl methyl sites for hydroxylation is 1. The molecule has 1 atom stereocenters. The summed E-state index contributed by atoms with van der Waals surface area (Å²) in [6, 6.07) is 26.9. The largest absolute Gasteiger partial charge is 0.348 e. The molecule has 2 heteroatoms. The Morgan fingerprint density at radius 1 is 0.867 bits per heavy atom. The van der Waals surface area contributed by atoms with Gasteiger partial charge < -0.3 is 4.90 Å². The zero-order valence-corrected chi connectivity index (χ0v) is 28.0. The molecule has 45 heavy (non-hydrogen) atoms. The van der Waals surface area contributed by atoms with E-state index in [4.69, 9.17) is 0 Å². The second-order valence-corrected chi connectivity index (χ2v) is 13.7. The van der Waals surface area contributed by atoms with Crippen LogP contribution < -0.4 is 4.90 Å². The topological polar surface area (TPSA) is 6.25 Å². The number of nitrogens with zero attached hydrogens (tertiary/aromatic N) is 2. The monoisotopic (exact) mass is 591 g/mol. The number of allylic oxidation sites excluding steroid dienone is 10. The van der Waals surface area contributed by atoms with Crippen LogP contribution in [0.5, 0.6) is 0 Å². The van der Waals surface area contributed by atoms with Gasteiger partial charge in [0, 0.05) is 36.1 Å². The molecular weight excluding hydrogens is 544 g/mol. The van der Waals surface area contributed by atoms with Crippen molar-refractivity contribution in [2.75, 3.05) is 19.0 Å². The number of fused-ring (bicyclic) bond motifs is 4. The summed E-state index contributed by atoms with van der Waals surface area (Å²) in [5.74, 6) is 0.646. The maximum absolute atomic E-state index is 2.46. The van der Waals surface area contributed by atoms with E-state index >= 15 is 0 Å². The molecule has 228 valence electrons. The molecule has 0 N–H and O–H groups in total. The molecule has 0 saturated carbocycles. The van der Waals surface area contributed by atoms with Crippen LogP contribution in [0.25, 0.3) is 11.1 Å². The highest BCUT2D eigenvalue weighted by Gasteiger charge is 2.43. The molecule has 0 saturated heterocycles. The summed E-state index contributed by atoms with van der Waals surface area (Å²) >= 11 is 0. The zero-order valence-electron chi connectivity index (χ0n) is 28.0. The normalized spacial score (nSPS) is 21.2. The van der Waals surface area contributed by atoms with Crippen LogP contribution in [-0.4, -0.2) is 24.4 Å². The molecule has 0 amide bonds. The Morgan fingerprint density at radius 2 is 1.56 bits per heavy atom. The number of rotatable bonds is 7. The lowest BCUT2D eigenvalue weighted by Crippen LogP contribution is -2.26. The molecule has 0 spiro atoms. The third-order valence-corrected chi connectivity index (χ3v) is 11.0. The van der Waals surface area contributed by atoms with E-state index in [0.29, 0.717) is 5.92 Å². The number of para-hydroxylation sites is 2. The zero-order chi connectivity index (χ0) is 31.3. The van der Waals surface area contributed by atoms with E-state index < -0.39 is 0 Å². The van der Waals surface area contributed by atoms with Crippen molar-refractivity contribution in [1.82, 2.24) is 0 Å². The SMILES string of the molecule is CC/C(=C\C=C1/CCC2CCC(/C=C/C3=[N+](C)c4ccccc4C3(C)C)=C3C2=C1c1ccccc13)N(C)c1ccccc1CC. The molecule has 0 bridgehead atoms. The second kappa shape index (κ2) is 11.6. The third-order valence-electron chi connectivity index (χ3n) is 11.0. The summed E-state index contributed by atoms with van der Waals surface area (Å²) < 4.78 is 2.39. The smallest absolute Gasteiger partial charge is 0.209 e. The van der Waals surface area contributed by atoms with Gasteiger partial charge in [-0.15, -0.1) is 0 Å². The Balaban J connectivity index is 1.31. The molecule has 4 aliphatic rings. The van der Waals surface area contributed by atoms with Crippen molar-refractivity contribution in [2.45, 2.75) is 71.6 Å². The summed E-state index contributed by atoms with van der Waals surface area (Å²) in [6.07, 6.45) is 16.5. The third kappa shape index (κ3) is 4.81. The average Bonchev–Trinajstić information content (AvgIpc) is 3.52. The van der Waals surface area contributed by atoms with Crippen LogP contribution in [0.15, 0.2) is 120 Å². The van der Waals surface area contributed by atoms with Gasteiger partial charge >= 0.3 is 0 Å². The lowest BCUT2D eigenvalue weighted by molar-refractivity contribution is -0.401. The molecule has 1 unspecified atom stereocenters. The van der Waals surface area contributed by atoms with Crippen LogP contribution in [0.3, 0.4) is 0 Å². The fourth-order valence-electron chi connectivity index (χ4n) is 8.55. The first-order valence-corrected chi connectivity index (χ1v) is 17.0. The van der Waals surface area contributed by atoms with Crippen molar-refractivity contribution in [2.24, 2.45) is 5.92 Å². The van der Waals surface area contributed by atoms with Crippen molar-refractivity contribution >= 4 is 28.2 Å². The molecule has 3 aromatic rings. The fraction of sp³-hybridized carbons (Fsp3) is 0.326. The van der Waals surface area contributed by atoms with Gasteiger partial charge in [0.25, 0.3) is 0 Å². The van der Waals surface area contributed by atoms with E-state index in [1.165, 1.54) is 80.2 Å². The van der Waals surface area contributed by atoms with Gasteiger partial charge in [-0.25, -0.2) is 0 Å². The first-order chi connectivity index (χ1) is 21.8. The van der Waals surface area contributed by atoms with Gasteiger partial charge in [-0.3, -0.25) is 0 Å². The Kier molecular flexibility index (Phi) is 7.64. The minimum Gasteiger partial charge on any atom is -0.348 e. The number of hydrogen-bond acceptors (Lipinski definition) is 1. The lowest BCUT2D eigenvalue weighted by Gasteiger charge is -2.32. The summed E-state index contributed by atoms with van der Waals surface area (Å²) in [4.78, 5) is 2.40. The van der Waals surface area contributed by atoms with Gasteiger partial charge in [0.1, 0.15) is 7.05 Å². The van der Waals surface area contributed by atoms with Crippen LogP contribution in [-0.2, 0) is 11.8 Å². The van der Waals surface area contributed by atoms with Crippen molar-refractivity contribution in [3.8, 4) is 0 Å². The van der Waals surface area contributed by atoms with E-state index in [0.717, 1.165) is 25.7 Å². The molecule has 1 aliphatic heterocycles. The molecule has 2 nitrogen and oxygen atoms in total. The van der Waals surface area contributed by atoms with Gasteiger partial charge in [-0.1, -0.05) is 86.7 Å². The molecule has 3 aromatic carbocycles. The summed E-state index contributed by atoms with van der Waals surface area (Å²) in [5, 5.41) is 0. The summed E-state index contributed by atoms with van der Waals surface area (Å²) in [7, 11) is 4.45. The highest BCUT2D eigenvalue weighted by Crippen LogP contribution is 2.57. The fourth-order valence-corrected chi connectivity index (χ4v) is 8.55. The molecule has 7 rings (SSSR count). The molecule has 0 aromatic heterocycles. The molecule has 0 fully saturated rings. The Morgan fingerprint density at radius 3 is 2.31 bits per heavy atom. The van der Waals surface area contributed by atoms with E-state index in [9.17, 15) is 0 Å². The minimum atomic E-state index is -0.0167. The van der Waals surface area contributed by atoms with Crippen LogP contribution in [0.4, 0.5) is 11.4 Å². The molecule has 1 heterocycles.